The SMILES string of the molecule is CCOP(=O)(Cc1ccccc1-c1ccccc1)OCC. The highest BCUT2D eigenvalue weighted by molar-refractivity contribution is 7.53. The summed E-state index contributed by atoms with van der Waals surface area (Å²) < 4.78 is 23.5. The van der Waals surface area contributed by atoms with Crippen LogP contribution in [0.25, 0.3) is 11.1 Å². The molecule has 2 rings (SSSR count). The van der Waals surface area contributed by atoms with Crippen molar-refractivity contribution in [3.8, 4) is 11.1 Å². The number of rotatable bonds is 7. The van der Waals surface area contributed by atoms with Gasteiger partial charge in [-0.05, 0) is 30.5 Å². The van der Waals surface area contributed by atoms with Gasteiger partial charge in [0.05, 0.1) is 19.4 Å². The third-order valence-corrected chi connectivity index (χ3v) is 5.15. The van der Waals surface area contributed by atoms with Gasteiger partial charge in [-0.2, -0.15) is 0 Å². The molecule has 0 fully saturated rings. The van der Waals surface area contributed by atoms with Crippen LogP contribution in [-0.4, -0.2) is 13.2 Å². The van der Waals surface area contributed by atoms with Crippen LogP contribution in [-0.2, 0) is 19.8 Å². The van der Waals surface area contributed by atoms with Gasteiger partial charge in [-0.15, -0.1) is 0 Å². The summed E-state index contributed by atoms with van der Waals surface area (Å²) in [6.07, 6.45) is 0.291. The Bertz CT molecular complexity index is 600. The minimum atomic E-state index is -3.09. The van der Waals surface area contributed by atoms with Gasteiger partial charge in [0.25, 0.3) is 0 Å². The highest BCUT2D eigenvalue weighted by Crippen LogP contribution is 2.52. The van der Waals surface area contributed by atoms with Crippen LogP contribution in [0.15, 0.2) is 54.6 Å². The van der Waals surface area contributed by atoms with Crippen LogP contribution in [0.3, 0.4) is 0 Å². The first-order chi connectivity index (χ1) is 10.2. The van der Waals surface area contributed by atoms with E-state index in [1.807, 2.05) is 68.4 Å². The summed E-state index contributed by atoms with van der Waals surface area (Å²) >= 11 is 0. The zero-order valence-corrected chi connectivity index (χ0v) is 13.4. The Labute approximate surface area is 126 Å². The molecule has 0 saturated carbocycles. The minimum Gasteiger partial charge on any atom is -0.309 e. The molecule has 0 aliphatic heterocycles. The first kappa shape index (κ1) is 16.0. The fourth-order valence-corrected chi connectivity index (χ4v) is 4.02. The summed E-state index contributed by atoms with van der Waals surface area (Å²) in [6.45, 7) is 4.42. The Morgan fingerprint density at radius 2 is 1.43 bits per heavy atom. The van der Waals surface area contributed by atoms with E-state index in [1.54, 1.807) is 0 Å². The maximum absolute atomic E-state index is 12.7. The molecule has 0 N–H and O–H groups in total. The van der Waals surface area contributed by atoms with Crippen molar-refractivity contribution in [2.75, 3.05) is 13.2 Å². The predicted octanol–water partition coefficient (Wildman–Crippen LogP) is 5.12. The second kappa shape index (κ2) is 7.56. The van der Waals surface area contributed by atoms with Gasteiger partial charge in [-0.25, -0.2) is 0 Å². The van der Waals surface area contributed by atoms with E-state index in [2.05, 4.69) is 0 Å². The van der Waals surface area contributed by atoms with E-state index in [1.165, 1.54) is 0 Å². The van der Waals surface area contributed by atoms with E-state index in [4.69, 9.17) is 9.05 Å². The Morgan fingerprint density at radius 1 is 0.857 bits per heavy atom. The molecular weight excluding hydrogens is 283 g/mol. The lowest BCUT2D eigenvalue weighted by atomic mass is 10.0. The molecule has 0 bridgehead atoms. The predicted molar refractivity (Wildman–Crippen MR) is 86.4 cm³/mol. The Kier molecular flexibility index (Phi) is 5.75. The molecule has 2 aromatic rings. The van der Waals surface area contributed by atoms with E-state index < -0.39 is 7.60 Å². The largest absolute Gasteiger partial charge is 0.335 e. The standard InChI is InChI=1S/C17H21O3P/c1-3-19-21(18,20-4-2)14-16-12-8-9-13-17(16)15-10-6-5-7-11-15/h5-13H,3-4,14H2,1-2H3. The average molecular weight is 304 g/mol. The molecule has 2 aromatic carbocycles. The summed E-state index contributed by atoms with van der Waals surface area (Å²) in [7, 11) is -3.09. The summed E-state index contributed by atoms with van der Waals surface area (Å²) in [5.74, 6) is 0. The van der Waals surface area contributed by atoms with Crippen LogP contribution in [0.4, 0.5) is 0 Å². The van der Waals surface area contributed by atoms with E-state index >= 15 is 0 Å². The van der Waals surface area contributed by atoms with Crippen LogP contribution >= 0.6 is 7.60 Å². The van der Waals surface area contributed by atoms with Crippen molar-refractivity contribution in [2.24, 2.45) is 0 Å². The normalized spacial score (nSPS) is 11.5. The second-order valence-corrected chi connectivity index (χ2v) is 6.68. The maximum Gasteiger partial charge on any atom is 0.335 e. The Hall–Kier alpha value is -1.41. The molecule has 4 heteroatoms. The smallest absolute Gasteiger partial charge is 0.309 e. The summed E-state index contributed by atoms with van der Waals surface area (Å²) in [5, 5.41) is 0. The van der Waals surface area contributed by atoms with Crippen LogP contribution in [0.5, 0.6) is 0 Å². The first-order valence-corrected chi connectivity index (χ1v) is 8.93. The molecule has 0 radical (unpaired) electrons. The Balaban J connectivity index is 2.34. The highest BCUT2D eigenvalue weighted by Gasteiger charge is 2.25. The molecule has 0 atom stereocenters. The van der Waals surface area contributed by atoms with Crippen LogP contribution in [0.1, 0.15) is 19.4 Å². The molecule has 0 spiro atoms. The molecule has 112 valence electrons. The molecular formula is C17H21O3P. The molecule has 0 aromatic heterocycles. The van der Waals surface area contributed by atoms with Crippen LogP contribution in [0, 0.1) is 0 Å². The van der Waals surface area contributed by atoms with Gasteiger partial charge in [0, 0.05) is 0 Å². The van der Waals surface area contributed by atoms with Crippen molar-refractivity contribution in [1.82, 2.24) is 0 Å². The molecule has 0 aliphatic carbocycles. The molecule has 0 heterocycles. The molecule has 3 nitrogen and oxygen atoms in total. The molecule has 0 saturated heterocycles. The topological polar surface area (TPSA) is 35.5 Å². The number of hydrogen-bond acceptors (Lipinski definition) is 3. The van der Waals surface area contributed by atoms with Crippen molar-refractivity contribution in [3.63, 3.8) is 0 Å². The molecule has 0 unspecified atom stereocenters. The van der Waals surface area contributed by atoms with Crippen LogP contribution < -0.4 is 0 Å². The van der Waals surface area contributed by atoms with Gasteiger partial charge < -0.3 is 9.05 Å². The number of benzene rings is 2. The fourth-order valence-electron chi connectivity index (χ4n) is 2.29. The maximum atomic E-state index is 12.7. The monoisotopic (exact) mass is 304 g/mol. The van der Waals surface area contributed by atoms with E-state index in [9.17, 15) is 4.57 Å². The quantitative estimate of drug-likeness (QED) is 0.666. The molecule has 21 heavy (non-hydrogen) atoms. The van der Waals surface area contributed by atoms with E-state index in [0.29, 0.717) is 19.4 Å². The lowest BCUT2D eigenvalue weighted by Crippen LogP contribution is -2.00. The lowest BCUT2D eigenvalue weighted by Gasteiger charge is -2.18. The van der Waals surface area contributed by atoms with Gasteiger partial charge >= 0.3 is 7.60 Å². The molecule has 0 aliphatic rings. The fraction of sp³-hybridized carbons (Fsp3) is 0.294. The van der Waals surface area contributed by atoms with E-state index in [-0.39, 0.29) is 0 Å². The highest BCUT2D eigenvalue weighted by atomic mass is 31.2. The van der Waals surface area contributed by atoms with Gasteiger partial charge in [-0.1, -0.05) is 54.6 Å². The van der Waals surface area contributed by atoms with Gasteiger partial charge in [0.15, 0.2) is 0 Å². The van der Waals surface area contributed by atoms with E-state index in [0.717, 1.165) is 16.7 Å². The zero-order chi connectivity index (χ0) is 15.1. The third-order valence-electron chi connectivity index (χ3n) is 3.12. The average Bonchev–Trinajstić information content (AvgIpc) is 2.49. The number of hydrogen-bond donors (Lipinski definition) is 0. The minimum absolute atomic E-state index is 0.291. The molecule has 0 amide bonds. The van der Waals surface area contributed by atoms with Crippen molar-refractivity contribution >= 4 is 7.60 Å². The lowest BCUT2D eigenvalue weighted by molar-refractivity contribution is 0.219. The first-order valence-electron chi connectivity index (χ1n) is 7.20. The van der Waals surface area contributed by atoms with Crippen molar-refractivity contribution in [3.05, 3.63) is 60.2 Å². The third kappa shape index (κ3) is 4.28. The second-order valence-electron chi connectivity index (χ2n) is 4.63. The van der Waals surface area contributed by atoms with Gasteiger partial charge in [0.1, 0.15) is 0 Å². The Morgan fingerprint density at radius 3 is 2.05 bits per heavy atom. The summed E-state index contributed by atoms with van der Waals surface area (Å²) in [6, 6.07) is 18.0. The summed E-state index contributed by atoms with van der Waals surface area (Å²) in [5.41, 5.74) is 3.15. The zero-order valence-electron chi connectivity index (χ0n) is 12.5. The van der Waals surface area contributed by atoms with Crippen LogP contribution in [0.2, 0.25) is 0 Å². The summed E-state index contributed by atoms with van der Waals surface area (Å²) in [4.78, 5) is 0. The van der Waals surface area contributed by atoms with Crippen molar-refractivity contribution in [2.45, 2.75) is 20.0 Å². The van der Waals surface area contributed by atoms with Crippen molar-refractivity contribution in [1.29, 1.82) is 0 Å². The van der Waals surface area contributed by atoms with Crippen molar-refractivity contribution < 1.29 is 13.6 Å². The van der Waals surface area contributed by atoms with Gasteiger partial charge in [0.2, 0.25) is 0 Å². The van der Waals surface area contributed by atoms with Gasteiger partial charge in [-0.3, -0.25) is 4.57 Å².